The van der Waals surface area contributed by atoms with E-state index in [0.717, 1.165) is 17.1 Å². The number of hydrogen-bond acceptors (Lipinski definition) is 3. The first-order valence-electron chi connectivity index (χ1n) is 7.76. The summed E-state index contributed by atoms with van der Waals surface area (Å²) >= 11 is 0. The number of carbonyl (C=O) groups is 1. The summed E-state index contributed by atoms with van der Waals surface area (Å²) in [5.74, 6) is -0.136. The van der Waals surface area contributed by atoms with Gasteiger partial charge in [0.25, 0.3) is 5.91 Å². The topological polar surface area (TPSA) is 45.2 Å². The first-order valence-corrected chi connectivity index (χ1v) is 7.76. The van der Waals surface area contributed by atoms with E-state index in [2.05, 4.69) is 16.4 Å². The van der Waals surface area contributed by atoms with Crippen LogP contribution in [0.2, 0.25) is 0 Å². The van der Waals surface area contributed by atoms with E-state index in [4.69, 9.17) is 0 Å². The van der Waals surface area contributed by atoms with E-state index in [1.165, 1.54) is 5.56 Å². The molecule has 3 aromatic rings. The van der Waals surface area contributed by atoms with Crippen molar-refractivity contribution in [3.05, 3.63) is 84.2 Å². The molecule has 4 nitrogen and oxygen atoms in total. The van der Waals surface area contributed by atoms with Crippen LogP contribution in [0.3, 0.4) is 0 Å². The zero-order valence-electron chi connectivity index (χ0n) is 13.7. The average Bonchev–Trinajstić information content (AvgIpc) is 2.62. The lowest BCUT2D eigenvalue weighted by Gasteiger charge is -2.17. The Labute approximate surface area is 141 Å². The minimum Gasteiger partial charge on any atom is -0.354 e. The lowest BCUT2D eigenvalue weighted by molar-refractivity contribution is 0.0988. The van der Waals surface area contributed by atoms with Crippen LogP contribution in [0.4, 0.5) is 17.1 Å². The Morgan fingerprint density at radius 2 is 1.75 bits per heavy atom. The predicted octanol–water partition coefficient (Wildman–Crippen LogP) is 4.41. The third kappa shape index (κ3) is 3.60. The maximum absolute atomic E-state index is 12.5. The highest BCUT2D eigenvalue weighted by atomic mass is 16.2. The van der Waals surface area contributed by atoms with Crippen molar-refractivity contribution in [1.29, 1.82) is 0 Å². The van der Waals surface area contributed by atoms with Gasteiger partial charge in [0.1, 0.15) is 5.69 Å². The van der Waals surface area contributed by atoms with Gasteiger partial charge in [0.15, 0.2) is 0 Å². The van der Waals surface area contributed by atoms with Crippen molar-refractivity contribution in [3.63, 3.8) is 0 Å². The van der Waals surface area contributed by atoms with E-state index in [-0.39, 0.29) is 5.91 Å². The first-order chi connectivity index (χ1) is 11.6. The Bertz CT molecular complexity index is 829. The molecule has 0 atom stereocenters. The fourth-order valence-corrected chi connectivity index (χ4v) is 2.42. The number of pyridine rings is 1. The van der Waals surface area contributed by atoms with E-state index in [0.29, 0.717) is 5.69 Å². The number of anilines is 3. The van der Waals surface area contributed by atoms with E-state index in [1.807, 2.05) is 61.5 Å². The minimum atomic E-state index is -0.136. The van der Waals surface area contributed by atoms with Gasteiger partial charge in [0.2, 0.25) is 0 Å². The van der Waals surface area contributed by atoms with Gasteiger partial charge in [-0.3, -0.25) is 4.79 Å². The summed E-state index contributed by atoms with van der Waals surface area (Å²) in [5, 5.41) is 3.28. The Morgan fingerprint density at radius 1 is 0.958 bits per heavy atom. The van der Waals surface area contributed by atoms with E-state index in [9.17, 15) is 4.79 Å². The zero-order valence-corrected chi connectivity index (χ0v) is 13.7. The molecule has 0 aliphatic heterocycles. The molecule has 0 saturated carbocycles. The summed E-state index contributed by atoms with van der Waals surface area (Å²) in [6.07, 6.45) is 1.67. The van der Waals surface area contributed by atoms with E-state index >= 15 is 0 Å². The van der Waals surface area contributed by atoms with E-state index < -0.39 is 0 Å². The lowest BCUT2D eigenvalue weighted by atomic mass is 10.2. The number of amides is 1. The monoisotopic (exact) mass is 317 g/mol. The quantitative estimate of drug-likeness (QED) is 0.775. The molecule has 1 N–H and O–H groups in total. The summed E-state index contributed by atoms with van der Waals surface area (Å²) in [4.78, 5) is 18.4. The number of nitrogens with zero attached hydrogens (tertiary/aromatic N) is 2. The molecule has 0 unspecified atom stereocenters. The largest absolute Gasteiger partial charge is 0.354 e. The molecule has 0 bridgehead atoms. The van der Waals surface area contributed by atoms with E-state index in [1.54, 1.807) is 24.2 Å². The van der Waals surface area contributed by atoms with Crippen LogP contribution in [-0.4, -0.2) is 17.9 Å². The van der Waals surface area contributed by atoms with Crippen LogP contribution in [0.15, 0.2) is 72.9 Å². The molecule has 1 heterocycles. The van der Waals surface area contributed by atoms with Crippen LogP contribution in [-0.2, 0) is 0 Å². The number of aryl methyl sites for hydroxylation is 1. The van der Waals surface area contributed by atoms with Crippen molar-refractivity contribution >= 4 is 23.0 Å². The van der Waals surface area contributed by atoms with Crippen LogP contribution in [0.25, 0.3) is 0 Å². The van der Waals surface area contributed by atoms with Crippen LogP contribution in [0.5, 0.6) is 0 Å². The van der Waals surface area contributed by atoms with Gasteiger partial charge in [-0.25, -0.2) is 4.98 Å². The highest BCUT2D eigenvalue weighted by Gasteiger charge is 2.14. The highest BCUT2D eigenvalue weighted by Crippen LogP contribution is 2.18. The van der Waals surface area contributed by atoms with Crippen LogP contribution in [0, 0.1) is 6.92 Å². The second-order valence-electron chi connectivity index (χ2n) is 5.63. The molecule has 1 aromatic heterocycles. The molecule has 2 aromatic carbocycles. The zero-order chi connectivity index (χ0) is 16.9. The average molecular weight is 317 g/mol. The van der Waals surface area contributed by atoms with Gasteiger partial charge in [0.05, 0.1) is 11.9 Å². The number of benzene rings is 2. The van der Waals surface area contributed by atoms with Gasteiger partial charge in [-0.05, 0) is 48.9 Å². The molecule has 0 aliphatic rings. The number of hydrogen-bond donors (Lipinski definition) is 1. The third-order valence-electron chi connectivity index (χ3n) is 3.74. The Hall–Kier alpha value is -3.14. The number of aromatic nitrogens is 1. The Morgan fingerprint density at radius 3 is 2.42 bits per heavy atom. The molecule has 0 fully saturated rings. The summed E-state index contributed by atoms with van der Waals surface area (Å²) in [6.45, 7) is 2.05. The van der Waals surface area contributed by atoms with Crippen molar-refractivity contribution in [1.82, 2.24) is 4.98 Å². The SMILES string of the molecule is Cc1cccc(Nc2ccc(C(=O)N(C)c3ccccc3)nc2)c1. The van der Waals surface area contributed by atoms with Crippen LogP contribution < -0.4 is 10.2 Å². The maximum Gasteiger partial charge on any atom is 0.276 e. The first kappa shape index (κ1) is 15.7. The Kier molecular flexibility index (Phi) is 4.57. The molecule has 0 spiro atoms. The minimum absolute atomic E-state index is 0.136. The van der Waals surface area contributed by atoms with Gasteiger partial charge in [0, 0.05) is 18.4 Å². The molecular formula is C20H19N3O. The molecular weight excluding hydrogens is 298 g/mol. The second-order valence-corrected chi connectivity index (χ2v) is 5.63. The van der Waals surface area contributed by atoms with Crippen LogP contribution >= 0.6 is 0 Å². The van der Waals surface area contributed by atoms with Crippen LogP contribution in [0.1, 0.15) is 16.1 Å². The summed E-state index contributed by atoms with van der Waals surface area (Å²) in [5.41, 5.74) is 4.28. The van der Waals surface area contributed by atoms with Gasteiger partial charge >= 0.3 is 0 Å². The number of para-hydroxylation sites is 1. The van der Waals surface area contributed by atoms with Gasteiger partial charge in [-0.15, -0.1) is 0 Å². The van der Waals surface area contributed by atoms with Gasteiger partial charge < -0.3 is 10.2 Å². The molecule has 0 saturated heterocycles. The van der Waals surface area contributed by atoms with Crippen molar-refractivity contribution in [2.75, 3.05) is 17.3 Å². The highest BCUT2D eigenvalue weighted by molar-refractivity contribution is 6.04. The van der Waals surface area contributed by atoms with Gasteiger partial charge in [-0.2, -0.15) is 0 Å². The smallest absolute Gasteiger partial charge is 0.276 e. The molecule has 1 amide bonds. The fourth-order valence-electron chi connectivity index (χ4n) is 2.42. The number of nitrogens with one attached hydrogen (secondary N) is 1. The molecule has 24 heavy (non-hydrogen) atoms. The molecule has 4 heteroatoms. The maximum atomic E-state index is 12.5. The molecule has 3 rings (SSSR count). The van der Waals surface area contributed by atoms with Crippen molar-refractivity contribution in [3.8, 4) is 0 Å². The molecule has 0 radical (unpaired) electrons. The molecule has 120 valence electrons. The standard InChI is InChI=1S/C20H19N3O/c1-15-7-6-8-16(13-15)22-17-11-12-19(21-14-17)20(24)23(2)18-9-4-3-5-10-18/h3-14,22H,1-2H3. The fraction of sp³-hybridized carbons (Fsp3) is 0.100. The summed E-state index contributed by atoms with van der Waals surface area (Å²) in [7, 11) is 1.75. The number of carbonyl (C=O) groups excluding carboxylic acids is 1. The Balaban J connectivity index is 1.73. The van der Waals surface area contributed by atoms with Crippen molar-refractivity contribution in [2.24, 2.45) is 0 Å². The molecule has 0 aliphatic carbocycles. The third-order valence-corrected chi connectivity index (χ3v) is 3.74. The lowest BCUT2D eigenvalue weighted by Crippen LogP contribution is -2.26. The summed E-state index contributed by atoms with van der Waals surface area (Å²) in [6, 6.07) is 21.2. The normalized spacial score (nSPS) is 10.2. The second kappa shape index (κ2) is 6.96. The summed E-state index contributed by atoms with van der Waals surface area (Å²) < 4.78 is 0. The van der Waals surface area contributed by atoms with Crippen molar-refractivity contribution < 1.29 is 4.79 Å². The predicted molar refractivity (Wildman–Crippen MR) is 97.9 cm³/mol. The van der Waals surface area contributed by atoms with Gasteiger partial charge in [-0.1, -0.05) is 30.3 Å². The number of rotatable bonds is 4. The van der Waals surface area contributed by atoms with Crippen molar-refractivity contribution in [2.45, 2.75) is 6.92 Å².